The minimum absolute atomic E-state index is 0.0320. The molecule has 1 aliphatic heterocycles. The van der Waals surface area contributed by atoms with E-state index in [-0.39, 0.29) is 18.0 Å². The van der Waals surface area contributed by atoms with Gasteiger partial charge in [0.2, 0.25) is 5.91 Å². The van der Waals surface area contributed by atoms with Crippen LogP contribution >= 0.6 is 15.9 Å². The molecule has 1 saturated heterocycles. The van der Waals surface area contributed by atoms with Crippen LogP contribution in [0.15, 0.2) is 28.7 Å². The van der Waals surface area contributed by atoms with Crippen LogP contribution in [0.25, 0.3) is 0 Å². The molecule has 1 amide bonds. The lowest BCUT2D eigenvalue weighted by Gasteiger charge is -2.20. The molecule has 4 heteroatoms. The molecule has 2 rings (SSSR count). The SMILES string of the molecule is CC1CCNC1C(=O)N[C@@H](C)c1cccc(Br)c1. The van der Waals surface area contributed by atoms with Crippen LogP contribution in [0, 0.1) is 5.92 Å². The summed E-state index contributed by atoms with van der Waals surface area (Å²) in [6.07, 6.45) is 1.07. The molecule has 0 aromatic heterocycles. The van der Waals surface area contributed by atoms with Crippen molar-refractivity contribution < 1.29 is 4.79 Å². The fraction of sp³-hybridized carbons (Fsp3) is 0.500. The van der Waals surface area contributed by atoms with Gasteiger partial charge in [-0.1, -0.05) is 35.0 Å². The van der Waals surface area contributed by atoms with Crippen molar-refractivity contribution in [2.75, 3.05) is 6.54 Å². The zero-order valence-corrected chi connectivity index (χ0v) is 12.3. The molecule has 2 N–H and O–H groups in total. The maximum atomic E-state index is 12.1. The summed E-state index contributed by atoms with van der Waals surface area (Å²) in [6.45, 7) is 5.07. The van der Waals surface area contributed by atoms with Crippen molar-refractivity contribution in [3.05, 3.63) is 34.3 Å². The van der Waals surface area contributed by atoms with Crippen LogP contribution in [-0.4, -0.2) is 18.5 Å². The summed E-state index contributed by atoms with van der Waals surface area (Å²) in [5, 5.41) is 6.33. The standard InChI is InChI=1S/C14H19BrN2O/c1-9-6-7-16-13(9)14(18)17-10(2)11-4-3-5-12(15)8-11/h3-5,8-10,13,16H,6-7H2,1-2H3,(H,17,18)/t9?,10-,13?/m0/s1. The summed E-state index contributed by atoms with van der Waals surface area (Å²) >= 11 is 3.45. The molecule has 3 atom stereocenters. The molecule has 98 valence electrons. The van der Waals surface area contributed by atoms with Gasteiger partial charge in [0.25, 0.3) is 0 Å². The molecule has 1 fully saturated rings. The first kappa shape index (κ1) is 13.6. The topological polar surface area (TPSA) is 41.1 Å². The highest BCUT2D eigenvalue weighted by Gasteiger charge is 2.29. The number of hydrogen-bond donors (Lipinski definition) is 2. The lowest BCUT2D eigenvalue weighted by Crippen LogP contribution is -2.44. The number of nitrogens with one attached hydrogen (secondary N) is 2. The van der Waals surface area contributed by atoms with Crippen molar-refractivity contribution in [1.82, 2.24) is 10.6 Å². The van der Waals surface area contributed by atoms with Gasteiger partial charge in [0.15, 0.2) is 0 Å². The Kier molecular flexibility index (Phi) is 4.40. The Bertz CT molecular complexity index is 436. The lowest BCUT2D eigenvalue weighted by atomic mass is 10.0. The Balaban J connectivity index is 1.98. The van der Waals surface area contributed by atoms with Crippen LogP contribution in [0.1, 0.15) is 31.9 Å². The van der Waals surface area contributed by atoms with Gasteiger partial charge in [-0.05, 0) is 43.5 Å². The molecule has 0 radical (unpaired) electrons. The van der Waals surface area contributed by atoms with Crippen LogP contribution in [0.3, 0.4) is 0 Å². The fourth-order valence-corrected chi connectivity index (χ4v) is 2.76. The van der Waals surface area contributed by atoms with E-state index in [1.54, 1.807) is 0 Å². The summed E-state index contributed by atoms with van der Waals surface area (Å²) in [6, 6.07) is 8.03. The zero-order chi connectivity index (χ0) is 13.1. The fourth-order valence-electron chi connectivity index (χ4n) is 2.35. The highest BCUT2D eigenvalue weighted by Crippen LogP contribution is 2.19. The van der Waals surface area contributed by atoms with E-state index in [1.807, 2.05) is 31.2 Å². The summed E-state index contributed by atoms with van der Waals surface area (Å²) in [7, 11) is 0. The second-order valence-corrected chi connectivity index (χ2v) is 5.90. The van der Waals surface area contributed by atoms with Gasteiger partial charge in [-0.15, -0.1) is 0 Å². The second-order valence-electron chi connectivity index (χ2n) is 4.98. The van der Waals surface area contributed by atoms with Gasteiger partial charge in [0.05, 0.1) is 12.1 Å². The summed E-state index contributed by atoms with van der Waals surface area (Å²) in [4.78, 5) is 12.1. The van der Waals surface area contributed by atoms with Gasteiger partial charge in [-0.3, -0.25) is 4.79 Å². The summed E-state index contributed by atoms with van der Waals surface area (Å²) in [5.41, 5.74) is 1.11. The molecule has 1 aromatic rings. The average molecular weight is 311 g/mol. The molecule has 1 heterocycles. The van der Waals surface area contributed by atoms with E-state index in [4.69, 9.17) is 0 Å². The molecule has 0 aliphatic carbocycles. The van der Waals surface area contributed by atoms with Gasteiger partial charge >= 0.3 is 0 Å². The minimum atomic E-state index is -0.0420. The number of carbonyl (C=O) groups excluding carboxylic acids is 1. The van der Waals surface area contributed by atoms with Gasteiger partial charge in [-0.2, -0.15) is 0 Å². The van der Waals surface area contributed by atoms with E-state index < -0.39 is 0 Å². The Morgan fingerprint density at radius 2 is 2.33 bits per heavy atom. The second kappa shape index (κ2) is 5.85. The van der Waals surface area contributed by atoms with Crippen LogP contribution in [0.5, 0.6) is 0 Å². The molecular formula is C14H19BrN2O. The summed E-state index contributed by atoms with van der Waals surface area (Å²) in [5.74, 6) is 0.521. The predicted molar refractivity (Wildman–Crippen MR) is 76.3 cm³/mol. The minimum Gasteiger partial charge on any atom is -0.348 e. The number of amides is 1. The van der Waals surface area contributed by atoms with Crippen molar-refractivity contribution in [3.8, 4) is 0 Å². The third-order valence-electron chi connectivity index (χ3n) is 3.52. The maximum Gasteiger partial charge on any atom is 0.237 e. The molecule has 0 saturated carbocycles. The molecule has 18 heavy (non-hydrogen) atoms. The Hall–Kier alpha value is -0.870. The van der Waals surface area contributed by atoms with Crippen molar-refractivity contribution in [2.45, 2.75) is 32.4 Å². The maximum absolute atomic E-state index is 12.1. The van der Waals surface area contributed by atoms with Crippen LogP contribution in [-0.2, 0) is 4.79 Å². The van der Waals surface area contributed by atoms with E-state index in [9.17, 15) is 4.79 Å². The third-order valence-corrected chi connectivity index (χ3v) is 4.02. The highest BCUT2D eigenvalue weighted by molar-refractivity contribution is 9.10. The van der Waals surface area contributed by atoms with E-state index >= 15 is 0 Å². The molecule has 3 nitrogen and oxygen atoms in total. The van der Waals surface area contributed by atoms with E-state index in [0.29, 0.717) is 5.92 Å². The number of benzene rings is 1. The van der Waals surface area contributed by atoms with Crippen LogP contribution < -0.4 is 10.6 Å². The van der Waals surface area contributed by atoms with Crippen molar-refractivity contribution in [1.29, 1.82) is 0 Å². The number of carbonyl (C=O) groups is 1. The van der Waals surface area contributed by atoms with Crippen LogP contribution in [0.4, 0.5) is 0 Å². The lowest BCUT2D eigenvalue weighted by molar-refractivity contribution is -0.124. The largest absolute Gasteiger partial charge is 0.348 e. The molecule has 1 aliphatic rings. The van der Waals surface area contributed by atoms with Gasteiger partial charge in [0.1, 0.15) is 0 Å². The smallest absolute Gasteiger partial charge is 0.237 e. The molecule has 0 spiro atoms. The van der Waals surface area contributed by atoms with E-state index in [0.717, 1.165) is 23.0 Å². The van der Waals surface area contributed by atoms with E-state index in [2.05, 4.69) is 33.5 Å². The van der Waals surface area contributed by atoms with Crippen molar-refractivity contribution in [3.63, 3.8) is 0 Å². The summed E-state index contributed by atoms with van der Waals surface area (Å²) < 4.78 is 1.04. The van der Waals surface area contributed by atoms with Crippen molar-refractivity contribution in [2.24, 2.45) is 5.92 Å². The number of halogens is 1. The molecule has 2 unspecified atom stereocenters. The first-order chi connectivity index (χ1) is 8.58. The average Bonchev–Trinajstić information content (AvgIpc) is 2.75. The predicted octanol–water partition coefficient (Wildman–Crippen LogP) is 2.62. The Morgan fingerprint density at radius 3 is 2.94 bits per heavy atom. The molecular weight excluding hydrogens is 292 g/mol. The normalized spacial score (nSPS) is 24.8. The van der Waals surface area contributed by atoms with Crippen molar-refractivity contribution >= 4 is 21.8 Å². The Labute approximate surface area is 116 Å². The zero-order valence-electron chi connectivity index (χ0n) is 10.7. The van der Waals surface area contributed by atoms with Crippen LogP contribution in [0.2, 0.25) is 0 Å². The highest BCUT2D eigenvalue weighted by atomic mass is 79.9. The molecule has 0 bridgehead atoms. The van der Waals surface area contributed by atoms with Gasteiger partial charge in [-0.25, -0.2) is 0 Å². The Morgan fingerprint density at radius 1 is 1.56 bits per heavy atom. The van der Waals surface area contributed by atoms with Gasteiger partial charge < -0.3 is 10.6 Å². The molecule has 1 aromatic carbocycles. The monoisotopic (exact) mass is 310 g/mol. The first-order valence-corrected chi connectivity index (χ1v) is 7.16. The first-order valence-electron chi connectivity index (χ1n) is 6.37. The number of rotatable bonds is 3. The number of hydrogen-bond acceptors (Lipinski definition) is 2. The third kappa shape index (κ3) is 3.12. The van der Waals surface area contributed by atoms with Gasteiger partial charge in [0, 0.05) is 4.47 Å². The quantitative estimate of drug-likeness (QED) is 0.901. The van der Waals surface area contributed by atoms with E-state index in [1.165, 1.54) is 0 Å².